The summed E-state index contributed by atoms with van der Waals surface area (Å²) < 4.78 is 0.882. The lowest BCUT2D eigenvalue weighted by molar-refractivity contribution is 0.103. The number of ketones is 1. The van der Waals surface area contributed by atoms with Crippen molar-refractivity contribution in [3.05, 3.63) is 69.2 Å². The number of aryl methyl sites for hydroxylation is 1. The molecule has 0 saturated heterocycles. The quantitative estimate of drug-likeness (QED) is 0.652. The number of benzene rings is 2. The van der Waals surface area contributed by atoms with Gasteiger partial charge < -0.3 is 0 Å². The predicted molar refractivity (Wildman–Crippen MR) is 92.1 cm³/mol. The molecular formula is C19H21BrO. The van der Waals surface area contributed by atoms with Crippen LogP contribution in [0.15, 0.2) is 46.9 Å². The first-order chi connectivity index (χ1) is 9.86. The highest BCUT2D eigenvalue weighted by Crippen LogP contribution is 2.28. The smallest absolute Gasteiger partial charge is 0.194 e. The molecule has 0 radical (unpaired) electrons. The standard InChI is InChI=1S/C19H21BrO/c1-5-19(3,4)15-11-9-14(10-12-15)18(21)16-8-6-7-13(2)17(16)20/h6-12H,5H2,1-4H3. The second-order valence-electron chi connectivity index (χ2n) is 6.08. The summed E-state index contributed by atoms with van der Waals surface area (Å²) in [5.74, 6) is 0.0615. The zero-order valence-corrected chi connectivity index (χ0v) is 14.6. The summed E-state index contributed by atoms with van der Waals surface area (Å²) in [7, 11) is 0. The van der Waals surface area contributed by atoms with Gasteiger partial charge in [0.15, 0.2) is 5.78 Å². The van der Waals surface area contributed by atoms with Gasteiger partial charge in [0, 0.05) is 15.6 Å². The first-order valence-electron chi connectivity index (χ1n) is 7.27. The number of carbonyl (C=O) groups excluding carboxylic acids is 1. The van der Waals surface area contributed by atoms with Crippen LogP contribution in [-0.4, -0.2) is 5.78 Å². The minimum Gasteiger partial charge on any atom is -0.289 e. The molecule has 0 atom stereocenters. The van der Waals surface area contributed by atoms with E-state index in [1.807, 2.05) is 37.3 Å². The van der Waals surface area contributed by atoms with Crippen molar-refractivity contribution >= 4 is 21.7 Å². The highest BCUT2D eigenvalue weighted by Gasteiger charge is 2.19. The normalized spacial score (nSPS) is 11.5. The summed E-state index contributed by atoms with van der Waals surface area (Å²) in [6.45, 7) is 8.62. The van der Waals surface area contributed by atoms with Crippen LogP contribution < -0.4 is 0 Å². The van der Waals surface area contributed by atoms with E-state index in [9.17, 15) is 4.79 Å². The topological polar surface area (TPSA) is 17.1 Å². The molecule has 0 fully saturated rings. The molecule has 0 aromatic heterocycles. The molecule has 0 aliphatic heterocycles. The lowest BCUT2D eigenvalue weighted by atomic mass is 9.82. The average Bonchev–Trinajstić information content (AvgIpc) is 2.49. The van der Waals surface area contributed by atoms with Crippen molar-refractivity contribution in [2.24, 2.45) is 0 Å². The molecule has 1 nitrogen and oxygen atoms in total. The summed E-state index contributed by atoms with van der Waals surface area (Å²) in [5, 5.41) is 0. The van der Waals surface area contributed by atoms with E-state index in [1.54, 1.807) is 0 Å². The molecule has 0 unspecified atom stereocenters. The molecule has 2 aromatic rings. The van der Waals surface area contributed by atoms with Gasteiger partial charge in [0.25, 0.3) is 0 Å². The molecule has 2 aromatic carbocycles. The third kappa shape index (κ3) is 3.26. The van der Waals surface area contributed by atoms with E-state index in [0.29, 0.717) is 0 Å². The zero-order valence-electron chi connectivity index (χ0n) is 13.0. The first-order valence-corrected chi connectivity index (χ1v) is 8.06. The molecule has 0 N–H and O–H groups in total. The van der Waals surface area contributed by atoms with E-state index < -0.39 is 0 Å². The van der Waals surface area contributed by atoms with Crippen molar-refractivity contribution in [2.75, 3.05) is 0 Å². The van der Waals surface area contributed by atoms with Crippen molar-refractivity contribution in [3.63, 3.8) is 0 Å². The Hall–Kier alpha value is -1.41. The number of halogens is 1. The minimum atomic E-state index is 0.0615. The van der Waals surface area contributed by atoms with Crippen LogP contribution in [0, 0.1) is 6.92 Å². The maximum atomic E-state index is 12.6. The van der Waals surface area contributed by atoms with Gasteiger partial charge in [0.05, 0.1) is 0 Å². The van der Waals surface area contributed by atoms with Crippen LogP contribution >= 0.6 is 15.9 Å². The Labute approximate surface area is 135 Å². The van der Waals surface area contributed by atoms with Gasteiger partial charge >= 0.3 is 0 Å². The van der Waals surface area contributed by atoms with Crippen LogP contribution in [0.4, 0.5) is 0 Å². The second kappa shape index (κ2) is 6.15. The fourth-order valence-corrected chi connectivity index (χ4v) is 2.70. The monoisotopic (exact) mass is 344 g/mol. The largest absolute Gasteiger partial charge is 0.289 e. The maximum absolute atomic E-state index is 12.6. The summed E-state index contributed by atoms with van der Waals surface area (Å²) in [6, 6.07) is 13.8. The SMILES string of the molecule is CCC(C)(C)c1ccc(C(=O)c2cccc(C)c2Br)cc1. The highest BCUT2D eigenvalue weighted by molar-refractivity contribution is 9.10. The van der Waals surface area contributed by atoms with E-state index in [2.05, 4.69) is 48.8 Å². The third-order valence-electron chi connectivity index (χ3n) is 4.25. The van der Waals surface area contributed by atoms with Crippen molar-refractivity contribution in [1.82, 2.24) is 0 Å². The number of hydrogen-bond donors (Lipinski definition) is 0. The van der Waals surface area contributed by atoms with Gasteiger partial charge in [0.2, 0.25) is 0 Å². The Kier molecular flexibility index (Phi) is 4.67. The first kappa shape index (κ1) is 16.0. The summed E-state index contributed by atoms with van der Waals surface area (Å²) in [6.07, 6.45) is 1.07. The lowest BCUT2D eigenvalue weighted by Gasteiger charge is -2.23. The van der Waals surface area contributed by atoms with Gasteiger partial charge in [-0.1, -0.05) is 57.2 Å². The molecule has 2 heteroatoms. The molecular weight excluding hydrogens is 324 g/mol. The van der Waals surface area contributed by atoms with Crippen molar-refractivity contribution in [2.45, 2.75) is 39.5 Å². The molecule has 0 bridgehead atoms. The Morgan fingerprint density at radius 1 is 1.10 bits per heavy atom. The van der Waals surface area contributed by atoms with Gasteiger partial charge in [-0.3, -0.25) is 4.79 Å². The van der Waals surface area contributed by atoms with E-state index in [-0.39, 0.29) is 11.2 Å². The van der Waals surface area contributed by atoms with Crippen LogP contribution in [-0.2, 0) is 5.41 Å². The molecule has 0 spiro atoms. The van der Waals surface area contributed by atoms with Crippen LogP contribution in [0.25, 0.3) is 0 Å². The van der Waals surface area contributed by atoms with E-state index >= 15 is 0 Å². The maximum Gasteiger partial charge on any atom is 0.194 e. The number of carbonyl (C=O) groups is 1. The van der Waals surface area contributed by atoms with Gasteiger partial charge in [-0.25, -0.2) is 0 Å². The van der Waals surface area contributed by atoms with Crippen molar-refractivity contribution in [1.29, 1.82) is 0 Å². The van der Waals surface area contributed by atoms with Gasteiger partial charge in [-0.15, -0.1) is 0 Å². The average molecular weight is 345 g/mol. The molecule has 2 rings (SSSR count). The second-order valence-corrected chi connectivity index (χ2v) is 6.87. The molecule has 0 aliphatic rings. The molecule has 110 valence electrons. The van der Waals surface area contributed by atoms with Crippen molar-refractivity contribution < 1.29 is 4.79 Å². The van der Waals surface area contributed by atoms with Gasteiger partial charge in [-0.05, 0) is 51.9 Å². The van der Waals surface area contributed by atoms with Crippen molar-refractivity contribution in [3.8, 4) is 0 Å². The van der Waals surface area contributed by atoms with Crippen LogP contribution in [0.3, 0.4) is 0 Å². The van der Waals surface area contributed by atoms with E-state index in [1.165, 1.54) is 5.56 Å². The minimum absolute atomic E-state index is 0.0615. The summed E-state index contributed by atoms with van der Waals surface area (Å²) in [4.78, 5) is 12.6. The van der Waals surface area contributed by atoms with E-state index in [0.717, 1.165) is 27.6 Å². The molecule has 0 heterocycles. The Morgan fingerprint density at radius 2 is 1.71 bits per heavy atom. The van der Waals surface area contributed by atoms with Crippen LogP contribution in [0.5, 0.6) is 0 Å². The van der Waals surface area contributed by atoms with Crippen LogP contribution in [0.1, 0.15) is 54.2 Å². The Bertz CT molecular complexity index is 654. The van der Waals surface area contributed by atoms with Crippen LogP contribution in [0.2, 0.25) is 0 Å². The Morgan fingerprint density at radius 3 is 2.29 bits per heavy atom. The molecule has 0 aliphatic carbocycles. The Balaban J connectivity index is 2.35. The third-order valence-corrected chi connectivity index (χ3v) is 5.30. The zero-order chi connectivity index (χ0) is 15.6. The number of hydrogen-bond acceptors (Lipinski definition) is 1. The molecule has 21 heavy (non-hydrogen) atoms. The van der Waals surface area contributed by atoms with Gasteiger partial charge in [-0.2, -0.15) is 0 Å². The van der Waals surface area contributed by atoms with Gasteiger partial charge in [0.1, 0.15) is 0 Å². The fourth-order valence-electron chi connectivity index (χ4n) is 2.26. The predicted octanol–water partition coefficient (Wildman–Crippen LogP) is 5.68. The summed E-state index contributed by atoms with van der Waals surface area (Å²) >= 11 is 3.51. The van der Waals surface area contributed by atoms with E-state index in [4.69, 9.17) is 0 Å². The molecule has 0 amide bonds. The molecule has 0 saturated carbocycles. The summed E-state index contributed by atoms with van der Waals surface area (Å²) in [5.41, 5.74) is 3.94. The lowest BCUT2D eigenvalue weighted by Crippen LogP contribution is -2.15. The highest BCUT2D eigenvalue weighted by atomic mass is 79.9. The number of rotatable bonds is 4. The fraction of sp³-hybridized carbons (Fsp3) is 0.316.